The quantitative estimate of drug-likeness (QED) is 0.676. The lowest BCUT2D eigenvalue weighted by Crippen LogP contribution is -2.17. The van der Waals surface area contributed by atoms with Crippen molar-refractivity contribution >= 4 is 12.4 Å². The van der Waals surface area contributed by atoms with E-state index in [-0.39, 0.29) is 12.4 Å². The topological polar surface area (TPSA) is 21.3 Å². The summed E-state index contributed by atoms with van der Waals surface area (Å²) in [5.41, 5.74) is 2.36. The first-order chi connectivity index (χ1) is 9.88. The van der Waals surface area contributed by atoms with Crippen LogP contribution in [0.15, 0.2) is 54.6 Å². The fourth-order valence-corrected chi connectivity index (χ4v) is 1.84. The van der Waals surface area contributed by atoms with Crippen LogP contribution in [0, 0.1) is 11.8 Å². The molecule has 2 aromatic rings. The summed E-state index contributed by atoms with van der Waals surface area (Å²) in [4.78, 5) is 0. The first-order valence-electron chi connectivity index (χ1n) is 6.76. The molecule has 2 rings (SSSR count). The van der Waals surface area contributed by atoms with Gasteiger partial charge in [0.05, 0.1) is 13.7 Å². The minimum Gasteiger partial charge on any atom is -0.497 e. The van der Waals surface area contributed by atoms with Crippen LogP contribution in [0.3, 0.4) is 0 Å². The molecular weight excluding hydrogens is 282 g/mol. The first-order valence-corrected chi connectivity index (χ1v) is 6.76. The summed E-state index contributed by atoms with van der Waals surface area (Å²) in [7, 11) is 1.68. The maximum Gasteiger partial charge on any atom is 0.118 e. The Morgan fingerprint density at radius 1 is 1.00 bits per heavy atom. The number of ether oxygens (including phenoxy) is 1. The highest BCUT2D eigenvalue weighted by Gasteiger charge is 1.93. The lowest BCUT2D eigenvalue weighted by Gasteiger charge is -2.03. The van der Waals surface area contributed by atoms with Crippen LogP contribution in [0.1, 0.15) is 11.1 Å². The third-order valence-corrected chi connectivity index (χ3v) is 2.97. The molecule has 0 bridgehead atoms. The Morgan fingerprint density at radius 2 is 1.71 bits per heavy atom. The van der Waals surface area contributed by atoms with Crippen molar-refractivity contribution in [3.8, 4) is 17.6 Å². The van der Waals surface area contributed by atoms with Crippen molar-refractivity contribution in [2.24, 2.45) is 0 Å². The minimum absolute atomic E-state index is 0. The molecule has 0 atom stereocenters. The van der Waals surface area contributed by atoms with E-state index in [0.29, 0.717) is 6.54 Å². The molecule has 0 unspecified atom stereocenters. The summed E-state index contributed by atoms with van der Waals surface area (Å²) in [5, 5.41) is 3.33. The average molecular weight is 302 g/mol. The van der Waals surface area contributed by atoms with Crippen molar-refractivity contribution in [2.75, 3.05) is 20.2 Å². The van der Waals surface area contributed by atoms with E-state index in [2.05, 4.69) is 29.3 Å². The Bertz CT molecular complexity index is 570. The third kappa shape index (κ3) is 6.35. The summed E-state index contributed by atoms with van der Waals surface area (Å²) < 4.78 is 5.13. The molecule has 0 saturated heterocycles. The molecule has 0 fully saturated rings. The second kappa shape index (κ2) is 9.88. The number of nitrogens with one attached hydrogen (secondary N) is 1. The summed E-state index contributed by atoms with van der Waals surface area (Å²) >= 11 is 0. The van der Waals surface area contributed by atoms with Gasteiger partial charge < -0.3 is 10.1 Å². The first kappa shape index (κ1) is 17.1. The summed E-state index contributed by atoms with van der Waals surface area (Å²) in [5.74, 6) is 7.15. The predicted octanol–water partition coefficient (Wildman–Crippen LogP) is 3.30. The Labute approximate surface area is 132 Å². The molecular formula is C18H20ClNO. The third-order valence-electron chi connectivity index (χ3n) is 2.97. The highest BCUT2D eigenvalue weighted by atomic mass is 35.5. The molecule has 0 aliphatic rings. The molecule has 110 valence electrons. The summed E-state index contributed by atoms with van der Waals surface area (Å²) in [6.07, 6.45) is 0.997. The SMILES string of the molecule is COc1ccc(CCNCC#Cc2ccccc2)cc1.Cl. The molecule has 0 aromatic heterocycles. The van der Waals surface area contributed by atoms with Crippen LogP contribution in [0.4, 0.5) is 0 Å². The van der Waals surface area contributed by atoms with Crippen LogP contribution in [0.2, 0.25) is 0 Å². The standard InChI is InChI=1S/C18H19NO.ClH/c1-20-18-11-9-17(10-12-18)13-15-19-14-5-8-16-6-3-2-4-7-16;/h2-4,6-7,9-12,19H,13-15H2,1H3;1H. The van der Waals surface area contributed by atoms with E-state index in [1.165, 1.54) is 5.56 Å². The van der Waals surface area contributed by atoms with Crippen molar-refractivity contribution in [3.05, 3.63) is 65.7 Å². The predicted molar refractivity (Wildman–Crippen MR) is 90.1 cm³/mol. The molecule has 3 heteroatoms. The van der Waals surface area contributed by atoms with Crippen molar-refractivity contribution in [1.29, 1.82) is 0 Å². The van der Waals surface area contributed by atoms with E-state index in [1.807, 2.05) is 42.5 Å². The van der Waals surface area contributed by atoms with Crippen LogP contribution in [-0.4, -0.2) is 20.2 Å². The number of methoxy groups -OCH3 is 1. The van der Waals surface area contributed by atoms with Crippen molar-refractivity contribution in [1.82, 2.24) is 5.32 Å². The number of halogens is 1. The van der Waals surface area contributed by atoms with E-state index in [9.17, 15) is 0 Å². The number of hydrogen-bond donors (Lipinski definition) is 1. The maximum atomic E-state index is 5.13. The van der Waals surface area contributed by atoms with Gasteiger partial charge in [-0.2, -0.15) is 0 Å². The van der Waals surface area contributed by atoms with E-state index in [0.717, 1.165) is 24.3 Å². The largest absolute Gasteiger partial charge is 0.497 e. The van der Waals surface area contributed by atoms with Crippen molar-refractivity contribution in [3.63, 3.8) is 0 Å². The van der Waals surface area contributed by atoms with Gasteiger partial charge in [0.2, 0.25) is 0 Å². The Kier molecular flexibility index (Phi) is 8.04. The molecule has 0 heterocycles. The summed E-state index contributed by atoms with van der Waals surface area (Å²) in [6.45, 7) is 1.64. The summed E-state index contributed by atoms with van der Waals surface area (Å²) in [6, 6.07) is 18.2. The normalized spacial score (nSPS) is 9.19. The van der Waals surface area contributed by atoms with Gasteiger partial charge in [0.15, 0.2) is 0 Å². The molecule has 0 spiro atoms. The second-order valence-electron chi connectivity index (χ2n) is 4.44. The van der Waals surface area contributed by atoms with Crippen LogP contribution < -0.4 is 10.1 Å². The number of hydrogen-bond acceptors (Lipinski definition) is 2. The van der Waals surface area contributed by atoms with Gasteiger partial charge in [-0.3, -0.25) is 0 Å². The molecule has 0 radical (unpaired) electrons. The van der Waals surface area contributed by atoms with Gasteiger partial charge in [-0.15, -0.1) is 12.4 Å². The smallest absolute Gasteiger partial charge is 0.118 e. The average Bonchev–Trinajstić information content (AvgIpc) is 2.52. The van der Waals surface area contributed by atoms with Crippen molar-refractivity contribution in [2.45, 2.75) is 6.42 Å². The van der Waals surface area contributed by atoms with Gasteiger partial charge in [0.1, 0.15) is 5.75 Å². The van der Waals surface area contributed by atoms with E-state index in [1.54, 1.807) is 7.11 Å². The molecule has 0 saturated carbocycles. The van der Waals surface area contributed by atoms with Gasteiger partial charge in [-0.25, -0.2) is 0 Å². The van der Waals surface area contributed by atoms with E-state index >= 15 is 0 Å². The van der Waals surface area contributed by atoms with Crippen LogP contribution in [-0.2, 0) is 6.42 Å². The fourth-order valence-electron chi connectivity index (χ4n) is 1.84. The molecule has 0 amide bonds. The molecule has 2 nitrogen and oxygen atoms in total. The van der Waals surface area contributed by atoms with Gasteiger partial charge in [-0.05, 0) is 36.2 Å². The molecule has 0 aliphatic heterocycles. The van der Waals surface area contributed by atoms with Gasteiger partial charge in [0.25, 0.3) is 0 Å². The monoisotopic (exact) mass is 301 g/mol. The van der Waals surface area contributed by atoms with Crippen LogP contribution in [0.5, 0.6) is 5.75 Å². The second-order valence-corrected chi connectivity index (χ2v) is 4.44. The zero-order chi connectivity index (χ0) is 14.0. The maximum absolute atomic E-state index is 5.13. The zero-order valence-electron chi connectivity index (χ0n) is 12.1. The van der Waals surface area contributed by atoms with Crippen LogP contribution >= 0.6 is 12.4 Å². The fraction of sp³-hybridized carbons (Fsp3) is 0.222. The highest BCUT2D eigenvalue weighted by molar-refractivity contribution is 5.85. The molecule has 21 heavy (non-hydrogen) atoms. The Balaban J connectivity index is 0.00000220. The van der Waals surface area contributed by atoms with E-state index in [4.69, 9.17) is 4.74 Å². The lowest BCUT2D eigenvalue weighted by molar-refractivity contribution is 0.414. The Hall–Kier alpha value is -1.95. The highest BCUT2D eigenvalue weighted by Crippen LogP contribution is 2.11. The Morgan fingerprint density at radius 3 is 2.38 bits per heavy atom. The van der Waals surface area contributed by atoms with Gasteiger partial charge >= 0.3 is 0 Å². The molecule has 2 aromatic carbocycles. The lowest BCUT2D eigenvalue weighted by atomic mass is 10.1. The number of benzene rings is 2. The number of rotatable bonds is 5. The van der Waals surface area contributed by atoms with Crippen molar-refractivity contribution < 1.29 is 4.74 Å². The van der Waals surface area contributed by atoms with Gasteiger partial charge in [-0.1, -0.05) is 42.2 Å². The molecule has 1 N–H and O–H groups in total. The molecule has 0 aliphatic carbocycles. The van der Waals surface area contributed by atoms with E-state index < -0.39 is 0 Å². The van der Waals surface area contributed by atoms with Crippen LogP contribution in [0.25, 0.3) is 0 Å². The zero-order valence-corrected chi connectivity index (χ0v) is 13.0. The van der Waals surface area contributed by atoms with Gasteiger partial charge in [0, 0.05) is 12.1 Å². The minimum atomic E-state index is 0.